The van der Waals surface area contributed by atoms with Gasteiger partial charge < -0.3 is 48.9 Å². The van der Waals surface area contributed by atoms with E-state index in [1.807, 2.05) is 37.3 Å². The fourth-order valence-electron chi connectivity index (χ4n) is 13.2. The van der Waals surface area contributed by atoms with Crippen LogP contribution in [-0.4, -0.2) is 128 Å². The van der Waals surface area contributed by atoms with Gasteiger partial charge in [0.05, 0.1) is 64.1 Å². The molecule has 404 valence electrons. The zero-order valence-corrected chi connectivity index (χ0v) is 44.2. The van der Waals surface area contributed by atoms with Gasteiger partial charge in [0.15, 0.2) is 11.4 Å². The highest BCUT2D eigenvalue weighted by Crippen LogP contribution is 2.54. The molecule has 2 aromatic heterocycles. The number of benzene rings is 3. The van der Waals surface area contributed by atoms with Crippen molar-refractivity contribution in [3.8, 4) is 17.4 Å². The molecule has 7 aliphatic rings. The fraction of sp³-hybridized carbons (Fsp3) is 0.536. The quantitative estimate of drug-likeness (QED) is 0.0720. The zero-order valence-electron chi connectivity index (χ0n) is 43.4. The monoisotopic (exact) mass is 1060 g/mol. The number of hydrogen-bond donors (Lipinski definition) is 4. The topological polar surface area (TPSA) is 223 Å². The minimum atomic E-state index is -4.72. The molecule has 0 bridgehead atoms. The number of amides is 1. The Hall–Kier alpha value is -6.19. The Morgan fingerprint density at radius 2 is 1.74 bits per heavy atom. The molecule has 4 N–H and O–H groups in total. The van der Waals surface area contributed by atoms with Crippen molar-refractivity contribution in [1.29, 1.82) is 0 Å². The first kappa shape index (κ1) is 50.6. The number of carbonyl (C=O) groups excluding carboxylic acids is 1. The molecule has 1 spiro atoms. The van der Waals surface area contributed by atoms with E-state index in [1.54, 1.807) is 12.3 Å². The number of para-hydroxylation sites is 1. The van der Waals surface area contributed by atoms with Crippen LogP contribution < -0.4 is 34.0 Å². The Labute approximate surface area is 442 Å². The molecule has 12 rings (SSSR count). The third-order valence-corrected chi connectivity index (χ3v) is 18.6. The van der Waals surface area contributed by atoms with Crippen molar-refractivity contribution < 1.29 is 46.9 Å². The second kappa shape index (κ2) is 20.0. The summed E-state index contributed by atoms with van der Waals surface area (Å²) in [6, 6.07) is 20.0. The molecule has 3 saturated heterocycles. The molecule has 4 atom stereocenters. The maximum atomic E-state index is 14.9. The summed E-state index contributed by atoms with van der Waals surface area (Å²) >= 11 is 0. The highest BCUT2D eigenvalue weighted by molar-refractivity contribution is 7.90. The van der Waals surface area contributed by atoms with Crippen molar-refractivity contribution in [3.63, 3.8) is 0 Å². The van der Waals surface area contributed by atoms with Gasteiger partial charge in [-0.15, -0.1) is 0 Å². The van der Waals surface area contributed by atoms with Crippen LogP contribution in [0.15, 0.2) is 77.8 Å². The number of anilines is 4. The lowest BCUT2D eigenvalue weighted by Crippen LogP contribution is -2.56. The second-order valence-electron chi connectivity index (χ2n) is 22.7. The number of nitro groups is 1. The maximum Gasteiger partial charge on any atom is 0.297 e. The van der Waals surface area contributed by atoms with E-state index >= 15 is 0 Å². The average molecular weight is 1060 g/mol. The largest absolute Gasteiger partial charge is 0.491 e. The molecule has 0 radical (unpaired) electrons. The number of sulfonamides is 1. The molecule has 19 nitrogen and oxygen atoms in total. The second-order valence-corrected chi connectivity index (χ2v) is 24.4. The van der Waals surface area contributed by atoms with E-state index in [4.69, 9.17) is 28.7 Å². The number of hydrogen-bond acceptors (Lipinski definition) is 16. The molecule has 5 aliphatic heterocycles. The number of nitro benzene ring substituents is 1. The number of nitrogens with zero attached hydrogens (tertiary/aromatic N) is 5. The van der Waals surface area contributed by atoms with E-state index in [0.717, 1.165) is 81.2 Å². The lowest BCUT2D eigenvalue weighted by atomic mass is 9.59. The number of aromatic amines is 1. The standard InChI is InChI=1S/C56H68N8O11S/c1-34(2)74-48-8-5-4-7-40(48)47-32-71-23-6-20-62(47)38-29-56(30-38)17-21-61(22-18-56)37-9-10-41(44(26-37)63-43-14-24-72-33-50(43)75-54-46(63)25-36-13-19-57-52(36)59-54)53(65)60-76(69,70)39-27-45(64(67)68)51-49(28-39)73-31-42(58-51)35-11-15-55(3,66)16-12-35/h4-5,7-10,13,19,25-28,34-35,38,42-43,47,50,58,66H,6,11-12,14-18,20-24,29-33H2,1-3H3,(H,57,59)(H,60,65)/t35?,42-,43-,47-,50-,55?/m0/s1. The first-order valence-electron chi connectivity index (χ1n) is 27.1. The van der Waals surface area contributed by atoms with Gasteiger partial charge in [-0.25, -0.2) is 13.1 Å². The van der Waals surface area contributed by atoms with Crippen molar-refractivity contribution in [2.24, 2.45) is 11.3 Å². The predicted molar refractivity (Wildman–Crippen MR) is 286 cm³/mol. The summed E-state index contributed by atoms with van der Waals surface area (Å²) in [4.78, 5) is 41.5. The SMILES string of the molecule is CC(C)Oc1ccccc1[C@@H]1COCCCN1C1CC2(CCN(c3ccc(C(=O)NS(=O)(=O)c4cc5c(c([N+](=O)[O-])c4)N[C@H](C4CCC(C)(O)CC4)CO5)c(N4c5cc6cc[nH]c6nc5O[C@H]5COCC[C@@H]54)c3)CC2)C1. The van der Waals surface area contributed by atoms with Crippen LogP contribution >= 0.6 is 0 Å². The Bertz CT molecular complexity index is 3120. The molecule has 2 saturated carbocycles. The van der Waals surface area contributed by atoms with Gasteiger partial charge >= 0.3 is 0 Å². The number of carbonyl (C=O) groups is 1. The van der Waals surface area contributed by atoms with Crippen LogP contribution in [0.2, 0.25) is 0 Å². The van der Waals surface area contributed by atoms with Crippen LogP contribution in [0.3, 0.4) is 0 Å². The molecule has 5 fully saturated rings. The van der Waals surface area contributed by atoms with E-state index < -0.39 is 43.1 Å². The van der Waals surface area contributed by atoms with Gasteiger partial charge in [-0.05, 0) is 133 Å². The van der Waals surface area contributed by atoms with E-state index in [1.165, 1.54) is 11.6 Å². The summed E-state index contributed by atoms with van der Waals surface area (Å²) in [5, 5.41) is 27.3. The number of aliphatic hydroxyl groups is 1. The van der Waals surface area contributed by atoms with E-state index in [0.29, 0.717) is 74.3 Å². The number of pyridine rings is 1. The molecule has 7 heterocycles. The normalized spacial score (nSPS) is 26.7. The molecular weight excluding hydrogens is 993 g/mol. The van der Waals surface area contributed by atoms with E-state index in [9.17, 15) is 28.4 Å². The Morgan fingerprint density at radius 1 is 0.947 bits per heavy atom. The average Bonchev–Trinajstić information content (AvgIpc) is 3.75. The molecule has 5 aromatic rings. The van der Waals surface area contributed by atoms with Crippen LogP contribution in [0.5, 0.6) is 17.4 Å². The Morgan fingerprint density at radius 3 is 2.53 bits per heavy atom. The van der Waals surface area contributed by atoms with Crippen molar-refractivity contribution in [2.45, 2.75) is 132 Å². The Balaban J connectivity index is 0.827. The number of ether oxygens (including phenoxy) is 5. The molecule has 2 aliphatic carbocycles. The molecule has 20 heteroatoms. The predicted octanol–water partition coefficient (Wildman–Crippen LogP) is 8.39. The molecular formula is C56H68N8O11S. The summed E-state index contributed by atoms with van der Waals surface area (Å²) in [7, 11) is -4.72. The number of fused-ring (bicyclic) bond motifs is 4. The smallest absolute Gasteiger partial charge is 0.297 e. The zero-order chi connectivity index (χ0) is 52.5. The number of nitrogens with one attached hydrogen (secondary N) is 3. The van der Waals surface area contributed by atoms with Gasteiger partial charge in [0, 0.05) is 73.9 Å². The summed E-state index contributed by atoms with van der Waals surface area (Å²) in [5.74, 6) is 0.464. The number of aromatic nitrogens is 2. The first-order valence-corrected chi connectivity index (χ1v) is 28.6. The lowest BCUT2D eigenvalue weighted by Gasteiger charge is -2.56. The van der Waals surface area contributed by atoms with Gasteiger partial charge in [0.1, 0.15) is 29.8 Å². The van der Waals surface area contributed by atoms with Crippen molar-refractivity contribution in [2.75, 3.05) is 67.8 Å². The van der Waals surface area contributed by atoms with Gasteiger partial charge in [-0.2, -0.15) is 4.98 Å². The van der Waals surface area contributed by atoms with E-state index in [2.05, 4.69) is 61.8 Å². The molecule has 0 unspecified atom stereocenters. The number of H-pyrrole nitrogens is 1. The van der Waals surface area contributed by atoms with Gasteiger partial charge in [-0.1, -0.05) is 18.2 Å². The van der Waals surface area contributed by atoms with Gasteiger partial charge in [-0.3, -0.25) is 19.8 Å². The van der Waals surface area contributed by atoms with Crippen molar-refractivity contribution >= 4 is 55.4 Å². The van der Waals surface area contributed by atoms with Crippen LogP contribution in [0.1, 0.15) is 107 Å². The molecule has 76 heavy (non-hydrogen) atoms. The number of rotatable bonds is 11. The minimum Gasteiger partial charge on any atom is -0.491 e. The Kier molecular flexibility index (Phi) is 13.3. The molecule has 1 amide bonds. The van der Waals surface area contributed by atoms with Gasteiger partial charge in [0.2, 0.25) is 5.88 Å². The third kappa shape index (κ3) is 9.68. The summed E-state index contributed by atoms with van der Waals surface area (Å²) in [6.07, 6.45) is 9.74. The minimum absolute atomic E-state index is 0.00428. The molecule has 3 aromatic carbocycles. The summed E-state index contributed by atoms with van der Waals surface area (Å²) in [6.45, 7) is 10.8. The van der Waals surface area contributed by atoms with Crippen LogP contribution in [0.4, 0.5) is 28.4 Å². The highest BCUT2D eigenvalue weighted by atomic mass is 32.2. The van der Waals surface area contributed by atoms with Crippen LogP contribution in [0.25, 0.3) is 11.0 Å². The summed E-state index contributed by atoms with van der Waals surface area (Å²) < 4.78 is 62.2. The van der Waals surface area contributed by atoms with Crippen molar-refractivity contribution in [3.05, 3.63) is 94.2 Å². The van der Waals surface area contributed by atoms with Gasteiger partial charge in [0.25, 0.3) is 21.6 Å². The van der Waals surface area contributed by atoms with Crippen LogP contribution in [-0.2, 0) is 19.5 Å². The summed E-state index contributed by atoms with van der Waals surface area (Å²) in [5.41, 5.74) is 2.94. The maximum absolute atomic E-state index is 14.9. The third-order valence-electron chi connectivity index (χ3n) is 17.3. The van der Waals surface area contributed by atoms with Crippen molar-refractivity contribution in [1.82, 2.24) is 19.6 Å². The van der Waals surface area contributed by atoms with E-state index in [-0.39, 0.29) is 65.8 Å². The lowest BCUT2D eigenvalue weighted by molar-refractivity contribution is -0.384. The highest BCUT2D eigenvalue weighted by Gasteiger charge is 2.50. The fourth-order valence-corrected chi connectivity index (χ4v) is 14.2. The van der Waals surface area contributed by atoms with Crippen LogP contribution in [0, 0.1) is 21.4 Å². The number of piperidine rings is 1. The first-order chi connectivity index (χ1) is 36.6.